The summed E-state index contributed by atoms with van der Waals surface area (Å²) in [4.78, 5) is 24.7. The summed E-state index contributed by atoms with van der Waals surface area (Å²) >= 11 is 0. The minimum Gasteiger partial charge on any atom is -0.486 e. The highest BCUT2D eigenvalue weighted by Gasteiger charge is 2.53. The van der Waals surface area contributed by atoms with Crippen molar-refractivity contribution in [1.29, 1.82) is 0 Å². The molecule has 1 aromatic carbocycles. The quantitative estimate of drug-likeness (QED) is 0.725. The first-order chi connectivity index (χ1) is 14.5. The van der Waals surface area contributed by atoms with Crippen molar-refractivity contribution >= 4 is 11.9 Å². The summed E-state index contributed by atoms with van der Waals surface area (Å²) in [6, 6.07) is 5.56. The average Bonchev–Trinajstić information content (AvgIpc) is 2.71. The Morgan fingerprint density at radius 3 is 2.37 bits per heavy atom. The molecule has 0 spiro atoms. The van der Waals surface area contributed by atoms with Gasteiger partial charge in [-0.3, -0.25) is 9.59 Å². The summed E-state index contributed by atoms with van der Waals surface area (Å²) in [5.74, 6) is 3.27. The first kappa shape index (κ1) is 19.7. The largest absolute Gasteiger partial charge is 0.486 e. The molecular weight excluding hydrogens is 382 g/mol. The third-order valence-corrected chi connectivity index (χ3v) is 7.70. The van der Waals surface area contributed by atoms with Crippen LogP contribution in [0.3, 0.4) is 0 Å². The number of amides is 1. The minimum atomic E-state index is -0.413. The average molecular weight is 414 g/mol. The lowest BCUT2D eigenvalue weighted by Crippen LogP contribution is -2.56. The molecule has 1 heterocycles. The predicted molar refractivity (Wildman–Crippen MR) is 110 cm³/mol. The van der Waals surface area contributed by atoms with E-state index in [9.17, 15) is 9.59 Å². The van der Waals surface area contributed by atoms with Gasteiger partial charge in [-0.15, -0.1) is 0 Å². The Bertz CT molecular complexity index is 800. The Hall–Kier alpha value is -2.24. The van der Waals surface area contributed by atoms with Crippen molar-refractivity contribution in [3.8, 4) is 11.5 Å². The van der Waals surface area contributed by atoms with E-state index in [1.165, 1.54) is 38.5 Å². The number of carbonyl (C=O) groups excluding carboxylic acids is 2. The summed E-state index contributed by atoms with van der Waals surface area (Å²) in [5.41, 5.74) is 1.03. The van der Waals surface area contributed by atoms with Gasteiger partial charge in [0.1, 0.15) is 13.2 Å². The maximum Gasteiger partial charge on any atom is 0.310 e. The summed E-state index contributed by atoms with van der Waals surface area (Å²) < 4.78 is 16.3. The van der Waals surface area contributed by atoms with E-state index in [1.54, 1.807) is 12.1 Å². The fourth-order valence-corrected chi connectivity index (χ4v) is 6.71. The van der Waals surface area contributed by atoms with Gasteiger partial charge in [0.15, 0.2) is 18.1 Å². The van der Waals surface area contributed by atoms with Crippen LogP contribution in [0.15, 0.2) is 18.2 Å². The standard InChI is InChI=1S/C24H31NO5/c1-15(24-11-17-6-18(12-24)8-19(7-17)13-24)25-22(26)14-30-23(27)10-16-2-3-20-21(9-16)29-5-4-28-20/h2-3,9,15,17-19H,4-8,10-14H2,1H3,(H,25,26)/t15-,17?,18?,19?,24?/m0/s1. The summed E-state index contributed by atoms with van der Waals surface area (Å²) in [7, 11) is 0. The van der Waals surface area contributed by atoms with E-state index in [0.717, 1.165) is 23.3 Å². The Morgan fingerprint density at radius 2 is 1.70 bits per heavy atom. The lowest BCUT2D eigenvalue weighted by molar-refractivity contribution is -0.148. The molecule has 1 aliphatic heterocycles. The monoisotopic (exact) mass is 413 g/mol. The van der Waals surface area contributed by atoms with Crippen LogP contribution in [-0.2, 0) is 20.7 Å². The number of ether oxygens (including phenoxy) is 3. The normalized spacial score (nSPS) is 31.8. The molecule has 4 bridgehead atoms. The van der Waals surface area contributed by atoms with Crippen LogP contribution in [0.5, 0.6) is 11.5 Å². The van der Waals surface area contributed by atoms with Gasteiger partial charge < -0.3 is 19.5 Å². The second-order valence-electron chi connectivity index (χ2n) is 9.88. The van der Waals surface area contributed by atoms with Gasteiger partial charge >= 0.3 is 5.97 Å². The number of nitrogens with one attached hydrogen (secondary N) is 1. The molecule has 1 aromatic rings. The van der Waals surface area contributed by atoms with Gasteiger partial charge in [-0.25, -0.2) is 0 Å². The van der Waals surface area contributed by atoms with Crippen molar-refractivity contribution in [1.82, 2.24) is 5.32 Å². The predicted octanol–water partition coefficient (Wildman–Crippen LogP) is 3.26. The van der Waals surface area contributed by atoms with Crippen LogP contribution >= 0.6 is 0 Å². The van der Waals surface area contributed by atoms with Crippen LogP contribution in [-0.4, -0.2) is 37.7 Å². The minimum absolute atomic E-state index is 0.106. The number of benzene rings is 1. The number of rotatable bonds is 6. The maximum atomic E-state index is 12.5. The molecule has 6 heteroatoms. The summed E-state index contributed by atoms with van der Waals surface area (Å²) in [5, 5.41) is 3.14. The Labute approximate surface area is 177 Å². The molecule has 6 nitrogen and oxygen atoms in total. The van der Waals surface area contributed by atoms with E-state index >= 15 is 0 Å². The van der Waals surface area contributed by atoms with E-state index in [4.69, 9.17) is 14.2 Å². The molecule has 6 rings (SSSR count). The molecule has 0 radical (unpaired) electrons. The van der Waals surface area contributed by atoms with Crippen molar-refractivity contribution in [3.63, 3.8) is 0 Å². The van der Waals surface area contributed by atoms with Gasteiger partial charge in [-0.1, -0.05) is 6.07 Å². The molecule has 0 saturated heterocycles. The van der Waals surface area contributed by atoms with Crippen LogP contribution in [0.25, 0.3) is 0 Å². The molecule has 30 heavy (non-hydrogen) atoms. The SMILES string of the molecule is C[C@H](NC(=O)COC(=O)Cc1ccc2c(c1)OCCO2)C12CC3CC(CC(C3)C1)C2. The first-order valence-corrected chi connectivity index (χ1v) is 11.3. The van der Waals surface area contributed by atoms with Crippen LogP contribution in [0.4, 0.5) is 0 Å². The van der Waals surface area contributed by atoms with E-state index < -0.39 is 5.97 Å². The molecule has 1 N–H and O–H groups in total. The van der Waals surface area contributed by atoms with Gasteiger partial charge in [0.05, 0.1) is 6.42 Å². The van der Waals surface area contributed by atoms with Crippen LogP contribution in [0, 0.1) is 23.2 Å². The highest BCUT2D eigenvalue weighted by molar-refractivity contribution is 5.81. The summed E-state index contributed by atoms with van der Waals surface area (Å²) in [6.07, 6.45) is 7.99. The van der Waals surface area contributed by atoms with Crippen molar-refractivity contribution < 1.29 is 23.8 Å². The molecule has 4 aliphatic carbocycles. The lowest BCUT2D eigenvalue weighted by Gasteiger charge is -2.59. The molecule has 4 saturated carbocycles. The van der Waals surface area contributed by atoms with Crippen molar-refractivity contribution in [2.75, 3.05) is 19.8 Å². The van der Waals surface area contributed by atoms with E-state index in [-0.39, 0.29) is 30.4 Å². The highest BCUT2D eigenvalue weighted by atomic mass is 16.6. The van der Waals surface area contributed by atoms with Gasteiger partial charge in [0.2, 0.25) is 0 Å². The fourth-order valence-electron chi connectivity index (χ4n) is 6.71. The Morgan fingerprint density at radius 1 is 1.07 bits per heavy atom. The zero-order valence-corrected chi connectivity index (χ0v) is 17.7. The highest BCUT2D eigenvalue weighted by Crippen LogP contribution is 2.61. The topological polar surface area (TPSA) is 73.9 Å². The molecule has 1 atom stereocenters. The number of hydrogen-bond acceptors (Lipinski definition) is 5. The van der Waals surface area contributed by atoms with Gasteiger partial charge in [-0.2, -0.15) is 0 Å². The number of esters is 1. The van der Waals surface area contributed by atoms with Gasteiger partial charge in [0, 0.05) is 6.04 Å². The van der Waals surface area contributed by atoms with E-state index in [0.29, 0.717) is 24.7 Å². The first-order valence-electron chi connectivity index (χ1n) is 11.3. The lowest BCUT2D eigenvalue weighted by atomic mass is 9.48. The van der Waals surface area contributed by atoms with Crippen molar-refractivity contribution in [2.24, 2.45) is 23.2 Å². The van der Waals surface area contributed by atoms with E-state index in [1.807, 2.05) is 6.07 Å². The molecule has 5 aliphatic rings. The molecule has 0 aromatic heterocycles. The third kappa shape index (κ3) is 3.88. The van der Waals surface area contributed by atoms with Gasteiger partial charge in [-0.05, 0) is 86.3 Å². The van der Waals surface area contributed by atoms with Crippen molar-refractivity contribution in [3.05, 3.63) is 23.8 Å². The number of fused-ring (bicyclic) bond motifs is 1. The molecule has 0 unspecified atom stereocenters. The van der Waals surface area contributed by atoms with Crippen LogP contribution < -0.4 is 14.8 Å². The second kappa shape index (κ2) is 7.78. The van der Waals surface area contributed by atoms with Gasteiger partial charge in [0.25, 0.3) is 5.91 Å². The molecule has 162 valence electrons. The molecular formula is C24H31NO5. The Balaban J connectivity index is 1.11. The van der Waals surface area contributed by atoms with Crippen molar-refractivity contribution in [2.45, 2.75) is 57.9 Å². The second-order valence-corrected chi connectivity index (χ2v) is 9.88. The van der Waals surface area contributed by atoms with Crippen LogP contribution in [0.2, 0.25) is 0 Å². The molecule has 1 amide bonds. The third-order valence-electron chi connectivity index (χ3n) is 7.70. The summed E-state index contributed by atoms with van der Waals surface area (Å²) in [6.45, 7) is 2.95. The maximum absolute atomic E-state index is 12.5. The zero-order valence-electron chi connectivity index (χ0n) is 17.7. The fraction of sp³-hybridized carbons (Fsp3) is 0.667. The molecule has 4 fully saturated rings. The number of carbonyl (C=O) groups is 2. The van der Waals surface area contributed by atoms with Crippen LogP contribution in [0.1, 0.15) is 51.0 Å². The zero-order chi connectivity index (χ0) is 20.7. The number of hydrogen-bond donors (Lipinski definition) is 1. The Kier molecular flexibility index (Phi) is 5.11. The van der Waals surface area contributed by atoms with E-state index in [2.05, 4.69) is 12.2 Å². The smallest absolute Gasteiger partial charge is 0.310 e.